The molecule has 3 rings (SSSR count). The number of nitrogens with one attached hydrogen (secondary N) is 1. The van der Waals surface area contributed by atoms with Crippen LogP contribution in [-0.4, -0.2) is 36.3 Å². The summed E-state index contributed by atoms with van der Waals surface area (Å²) >= 11 is 2.69. The van der Waals surface area contributed by atoms with Gasteiger partial charge in [-0.1, -0.05) is 30.8 Å². The maximum atomic E-state index is 12.2. The molecule has 24 heavy (non-hydrogen) atoms. The van der Waals surface area contributed by atoms with Crippen molar-refractivity contribution < 1.29 is 4.79 Å². The SMILES string of the molecule is CCc1ccc(-n2nnnc2S[C@H](C)C(=O)Nc2nccs2)cc1. The van der Waals surface area contributed by atoms with Crippen LogP contribution in [0.4, 0.5) is 5.13 Å². The van der Waals surface area contributed by atoms with Crippen LogP contribution in [0.1, 0.15) is 19.4 Å². The molecule has 1 N–H and O–H groups in total. The number of thiazole rings is 1. The molecule has 2 aromatic heterocycles. The molecule has 0 saturated carbocycles. The summed E-state index contributed by atoms with van der Waals surface area (Å²) in [6, 6.07) is 8.03. The normalized spacial score (nSPS) is 12.1. The molecule has 0 bridgehead atoms. The van der Waals surface area contributed by atoms with Crippen LogP contribution in [0.15, 0.2) is 41.0 Å². The van der Waals surface area contributed by atoms with E-state index in [1.165, 1.54) is 28.7 Å². The summed E-state index contributed by atoms with van der Waals surface area (Å²) in [5, 5.41) is 17.2. The number of nitrogens with zero attached hydrogens (tertiary/aromatic N) is 5. The standard InChI is InChI=1S/C15H16N6OS2/c1-3-11-4-6-12(7-5-11)21-15(18-19-20-21)24-10(2)13(22)17-14-16-8-9-23-14/h4-10H,3H2,1-2H3,(H,16,17,22)/t10-/m1/s1. The molecule has 0 saturated heterocycles. The summed E-state index contributed by atoms with van der Waals surface area (Å²) < 4.78 is 1.64. The molecule has 1 aromatic carbocycles. The highest BCUT2D eigenvalue weighted by Crippen LogP contribution is 2.24. The third-order valence-corrected chi connectivity index (χ3v) is 5.07. The van der Waals surface area contributed by atoms with Crippen LogP contribution in [-0.2, 0) is 11.2 Å². The van der Waals surface area contributed by atoms with Crippen molar-refractivity contribution in [1.29, 1.82) is 0 Å². The van der Waals surface area contributed by atoms with Gasteiger partial charge in [-0.2, -0.15) is 4.68 Å². The average molecular weight is 360 g/mol. The van der Waals surface area contributed by atoms with Crippen LogP contribution in [0.5, 0.6) is 0 Å². The van der Waals surface area contributed by atoms with Crippen molar-refractivity contribution in [3.63, 3.8) is 0 Å². The van der Waals surface area contributed by atoms with Crippen molar-refractivity contribution in [1.82, 2.24) is 25.2 Å². The van der Waals surface area contributed by atoms with Crippen LogP contribution in [0.25, 0.3) is 5.69 Å². The first-order valence-corrected chi connectivity index (χ1v) is 9.18. The predicted octanol–water partition coefficient (Wildman–Crippen LogP) is 2.80. The van der Waals surface area contributed by atoms with Crippen molar-refractivity contribution in [2.24, 2.45) is 0 Å². The maximum absolute atomic E-state index is 12.2. The Labute approximate surface area is 147 Å². The Morgan fingerprint density at radius 1 is 1.38 bits per heavy atom. The molecule has 0 unspecified atom stereocenters. The monoisotopic (exact) mass is 360 g/mol. The second kappa shape index (κ2) is 7.54. The Kier molecular flexibility index (Phi) is 5.21. The van der Waals surface area contributed by atoms with Gasteiger partial charge in [0.2, 0.25) is 11.1 Å². The minimum absolute atomic E-state index is 0.133. The van der Waals surface area contributed by atoms with Gasteiger partial charge < -0.3 is 5.32 Å². The number of hydrogen-bond acceptors (Lipinski definition) is 7. The van der Waals surface area contributed by atoms with E-state index in [4.69, 9.17) is 0 Å². The number of rotatable bonds is 6. The second-order valence-corrected chi connectivity index (χ2v) is 7.18. The van der Waals surface area contributed by atoms with Gasteiger partial charge in [0.25, 0.3) is 0 Å². The largest absolute Gasteiger partial charge is 0.301 e. The van der Waals surface area contributed by atoms with Crippen LogP contribution in [0.2, 0.25) is 0 Å². The van der Waals surface area contributed by atoms with Crippen molar-refractivity contribution in [3.05, 3.63) is 41.4 Å². The zero-order valence-electron chi connectivity index (χ0n) is 13.2. The molecule has 1 amide bonds. The summed E-state index contributed by atoms with van der Waals surface area (Å²) in [6.07, 6.45) is 2.63. The highest BCUT2D eigenvalue weighted by atomic mass is 32.2. The van der Waals surface area contributed by atoms with Gasteiger partial charge in [0.05, 0.1) is 10.9 Å². The van der Waals surface area contributed by atoms with Crippen molar-refractivity contribution in [3.8, 4) is 5.69 Å². The molecule has 0 spiro atoms. The molecule has 2 heterocycles. The van der Waals surface area contributed by atoms with E-state index in [1.54, 1.807) is 10.9 Å². The van der Waals surface area contributed by atoms with E-state index in [0.717, 1.165) is 12.1 Å². The van der Waals surface area contributed by atoms with Crippen LogP contribution >= 0.6 is 23.1 Å². The maximum Gasteiger partial charge on any atom is 0.239 e. The molecule has 0 radical (unpaired) electrons. The van der Waals surface area contributed by atoms with Gasteiger partial charge in [0.15, 0.2) is 5.13 Å². The van der Waals surface area contributed by atoms with E-state index >= 15 is 0 Å². The lowest BCUT2D eigenvalue weighted by Crippen LogP contribution is -2.22. The van der Waals surface area contributed by atoms with Gasteiger partial charge in [0.1, 0.15) is 0 Å². The number of tetrazole rings is 1. The van der Waals surface area contributed by atoms with Gasteiger partial charge in [-0.15, -0.1) is 16.4 Å². The number of amides is 1. The summed E-state index contributed by atoms with van der Waals surface area (Å²) in [5.74, 6) is -0.133. The Morgan fingerprint density at radius 3 is 2.83 bits per heavy atom. The van der Waals surface area contributed by atoms with Gasteiger partial charge in [-0.05, 0) is 41.5 Å². The topological polar surface area (TPSA) is 85.6 Å². The van der Waals surface area contributed by atoms with Crippen LogP contribution in [0, 0.1) is 0 Å². The number of carbonyl (C=O) groups excluding carboxylic acids is 1. The van der Waals surface area contributed by atoms with Crippen molar-refractivity contribution >= 4 is 34.1 Å². The number of aromatic nitrogens is 5. The van der Waals surface area contributed by atoms with E-state index in [1.807, 2.05) is 36.6 Å². The Bertz CT molecular complexity index is 800. The molecular weight excluding hydrogens is 344 g/mol. The first kappa shape index (κ1) is 16.6. The lowest BCUT2D eigenvalue weighted by molar-refractivity contribution is -0.115. The number of thioether (sulfide) groups is 1. The first-order chi connectivity index (χ1) is 11.7. The van der Waals surface area contributed by atoms with E-state index in [0.29, 0.717) is 10.3 Å². The average Bonchev–Trinajstić information content (AvgIpc) is 3.27. The Morgan fingerprint density at radius 2 is 2.17 bits per heavy atom. The highest BCUT2D eigenvalue weighted by Gasteiger charge is 2.20. The minimum atomic E-state index is -0.353. The molecule has 0 aliphatic carbocycles. The highest BCUT2D eigenvalue weighted by molar-refractivity contribution is 8.00. The number of anilines is 1. The third kappa shape index (κ3) is 3.80. The predicted molar refractivity (Wildman–Crippen MR) is 94.6 cm³/mol. The first-order valence-electron chi connectivity index (χ1n) is 7.42. The number of hydrogen-bond donors (Lipinski definition) is 1. The van der Waals surface area contributed by atoms with Gasteiger partial charge in [-0.25, -0.2) is 4.98 Å². The fraction of sp³-hybridized carbons (Fsp3) is 0.267. The van der Waals surface area contributed by atoms with Crippen LogP contribution < -0.4 is 5.32 Å². The van der Waals surface area contributed by atoms with E-state index in [-0.39, 0.29) is 11.2 Å². The molecular formula is C15H16N6OS2. The van der Waals surface area contributed by atoms with E-state index < -0.39 is 0 Å². The fourth-order valence-electron chi connectivity index (χ4n) is 1.99. The smallest absolute Gasteiger partial charge is 0.239 e. The third-order valence-electron chi connectivity index (χ3n) is 3.34. The molecule has 0 aliphatic rings. The fourth-order valence-corrected chi connectivity index (χ4v) is 3.33. The lowest BCUT2D eigenvalue weighted by Gasteiger charge is -2.10. The van der Waals surface area contributed by atoms with Gasteiger partial charge in [-0.3, -0.25) is 4.79 Å². The molecule has 3 aromatic rings. The van der Waals surface area contributed by atoms with Crippen LogP contribution in [0.3, 0.4) is 0 Å². The Hall–Kier alpha value is -2.26. The molecule has 1 atom stereocenters. The summed E-state index contributed by atoms with van der Waals surface area (Å²) in [5.41, 5.74) is 2.12. The zero-order valence-corrected chi connectivity index (χ0v) is 14.8. The molecule has 9 heteroatoms. The number of aryl methyl sites for hydroxylation is 1. The van der Waals surface area contributed by atoms with E-state index in [9.17, 15) is 4.79 Å². The summed E-state index contributed by atoms with van der Waals surface area (Å²) in [6.45, 7) is 3.92. The Balaban J connectivity index is 1.71. The molecule has 0 fully saturated rings. The number of carbonyl (C=O) groups is 1. The molecule has 7 nitrogen and oxygen atoms in total. The number of benzene rings is 1. The summed E-state index contributed by atoms with van der Waals surface area (Å²) in [4.78, 5) is 16.3. The minimum Gasteiger partial charge on any atom is -0.301 e. The van der Waals surface area contributed by atoms with E-state index in [2.05, 4.69) is 32.7 Å². The van der Waals surface area contributed by atoms with Gasteiger partial charge in [0, 0.05) is 11.6 Å². The molecule has 0 aliphatic heterocycles. The van der Waals surface area contributed by atoms with Crippen molar-refractivity contribution in [2.75, 3.05) is 5.32 Å². The second-order valence-electron chi connectivity index (χ2n) is 4.98. The molecule has 124 valence electrons. The van der Waals surface area contributed by atoms with Gasteiger partial charge >= 0.3 is 0 Å². The quantitative estimate of drug-likeness (QED) is 0.680. The summed E-state index contributed by atoms with van der Waals surface area (Å²) in [7, 11) is 0. The van der Waals surface area contributed by atoms with Crippen molar-refractivity contribution in [2.45, 2.75) is 30.7 Å². The zero-order chi connectivity index (χ0) is 16.9. The lowest BCUT2D eigenvalue weighted by atomic mass is 10.1.